The predicted octanol–water partition coefficient (Wildman–Crippen LogP) is 1.95. The minimum absolute atomic E-state index is 0.0134. The number of carbonyl (C=O) groups excluding carboxylic acids is 3. The van der Waals surface area contributed by atoms with Crippen LogP contribution in [-0.2, 0) is 19.2 Å². The number of carboxylic acid groups (broad SMARTS) is 1. The van der Waals surface area contributed by atoms with Gasteiger partial charge < -0.3 is 15.3 Å². The standard InChI is InChI=1S/C18H28N2O5S2/c1-5-9(2)14(27-11(4)21)15(22)19-12-7-6-10(3)17-20(16(12)23)13(8-26-17)18(24)25/h9-10,12-14,17H,5-8H2,1-4H3,(H,19,22)(H,24,25)/t9-,10+,12-,13-,14-,17+/m0/s1. The molecule has 27 heavy (non-hydrogen) atoms. The molecule has 0 aromatic carbocycles. The summed E-state index contributed by atoms with van der Waals surface area (Å²) in [5.41, 5.74) is 0. The van der Waals surface area contributed by atoms with Crippen molar-refractivity contribution in [2.45, 2.75) is 69.7 Å². The van der Waals surface area contributed by atoms with Crippen LogP contribution < -0.4 is 5.32 Å². The van der Waals surface area contributed by atoms with Crippen LogP contribution in [0.4, 0.5) is 0 Å². The molecule has 0 aliphatic carbocycles. The fraction of sp³-hybridized carbons (Fsp3) is 0.778. The summed E-state index contributed by atoms with van der Waals surface area (Å²) in [6.07, 6.45) is 1.94. The van der Waals surface area contributed by atoms with Crippen LogP contribution in [0.3, 0.4) is 0 Å². The normalized spacial score (nSPS) is 30.2. The molecule has 2 amide bonds. The van der Waals surface area contributed by atoms with Crippen LogP contribution in [0.25, 0.3) is 0 Å². The Labute approximate surface area is 168 Å². The Balaban J connectivity index is 2.19. The van der Waals surface area contributed by atoms with Crippen LogP contribution in [0.1, 0.15) is 47.0 Å². The Kier molecular flexibility index (Phi) is 7.62. The van der Waals surface area contributed by atoms with Crippen LogP contribution in [0, 0.1) is 11.8 Å². The van der Waals surface area contributed by atoms with Gasteiger partial charge in [-0.05, 0) is 24.7 Å². The summed E-state index contributed by atoms with van der Waals surface area (Å²) in [5.74, 6) is -1.16. The molecule has 6 atom stereocenters. The van der Waals surface area contributed by atoms with E-state index in [9.17, 15) is 24.3 Å². The number of nitrogens with one attached hydrogen (secondary N) is 1. The molecule has 2 saturated heterocycles. The average Bonchev–Trinajstić information content (AvgIpc) is 3.02. The van der Waals surface area contributed by atoms with Crippen molar-refractivity contribution in [1.29, 1.82) is 0 Å². The highest BCUT2D eigenvalue weighted by Crippen LogP contribution is 2.39. The minimum Gasteiger partial charge on any atom is -0.480 e. The zero-order chi connectivity index (χ0) is 20.3. The van der Waals surface area contributed by atoms with Crippen LogP contribution in [0.2, 0.25) is 0 Å². The SMILES string of the molecule is CC[C@H](C)[C@H](SC(C)=O)C(=O)N[C@H]1CC[C@@H](C)[C@H]2SC[C@@H](C(=O)O)N2C1=O. The van der Waals surface area contributed by atoms with Gasteiger partial charge >= 0.3 is 5.97 Å². The lowest BCUT2D eigenvalue weighted by Gasteiger charge is -2.30. The van der Waals surface area contributed by atoms with Crippen LogP contribution in [-0.4, -0.2) is 61.4 Å². The molecule has 0 spiro atoms. The quantitative estimate of drug-likeness (QED) is 0.682. The first-order valence-corrected chi connectivity index (χ1v) is 11.2. The third-order valence-corrected chi connectivity index (χ3v) is 8.10. The lowest BCUT2D eigenvalue weighted by atomic mass is 10.0. The Morgan fingerprint density at radius 2 is 2.04 bits per heavy atom. The molecular weight excluding hydrogens is 388 g/mol. The molecule has 9 heteroatoms. The van der Waals surface area contributed by atoms with Gasteiger partial charge in [0.15, 0.2) is 5.12 Å². The molecule has 0 aromatic heterocycles. The molecule has 2 N–H and O–H groups in total. The Bertz CT molecular complexity index is 615. The number of rotatable bonds is 6. The van der Waals surface area contributed by atoms with Crippen molar-refractivity contribution in [1.82, 2.24) is 10.2 Å². The topological polar surface area (TPSA) is 104 Å². The van der Waals surface area contributed by atoms with Crippen molar-refractivity contribution in [3.05, 3.63) is 0 Å². The summed E-state index contributed by atoms with van der Waals surface area (Å²) in [6.45, 7) is 7.30. The van der Waals surface area contributed by atoms with Gasteiger partial charge in [0, 0.05) is 12.7 Å². The number of hydrogen-bond acceptors (Lipinski definition) is 6. The molecule has 2 aliphatic rings. The van der Waals surface area contributed by atoms with Gasteiger partial charge in [0.25, 0.3) is 0 Å². The third kappa shape index (κ3) is 4.99. The molecule has 7 nitrogen and oxygen atoms in total. The molecule has 152 valence electrons. The number of carboxylic acids is 1. The first kappa shape index (κ1) is 22.1. The van der Waals surface area contributed by atoms with Crippen molar-refractivity contribution in [3.8, 4) is 0 Å². The van der Waals surface area contributed by atoms with Gasteiger partial charge in [0.05, 0.1) is 10.6 Å². The van der Waals surface area contributed by atoms with Gasteiger partial charge in [0.2, 0.25) is 11.8 Å². The lowest BCUT2D eigenvalue weighted by molar-refractivity contribution is -0.150. The summed E-state index contributed by atoms with van der Waals surface area (Å²) in [7, 11) is 0. The van der Waals surface area contributed by atoms with Gasteiger partial charge in [-0.2, -0.15) is 0 Å². The van der Waals surface area contributed by atoms with E-state index >= 15 is 0 Å². The van der Waals surface area contributed by atoms with Crippen molar-refractivity contribution in [2.75, 3.05) is 5.75 Å². The lowest BCUT2D eigenvalue weighted by Crippen LogP contribution is -2.55. The van der Waals surface area contributed by atoms with E-state index in [2.05, 4.69) is 5.32 Å². The van der Waals surface area contributed by atoms with Crippen LogP contribution in [0.5, 0.6) is 0 Å². The van der Waals surface area contributed by atoms with Gasteiger partial charge in [-0.3, -0.25) is 14.4 Å². The Hall–Kier alpha value is -1.22. The third-order valence-electron chi connectivity index (χ3n) is 5.30. The van der Waals surface area contributed by atoms with Crippen LogP contribution in [0.15, 0.2) is 0 Å². The number of fused-ring (bicyclic) bond motifs is 1. The van der Waals surface area contributed by atoms with Gasteiger partial charge in [-0.15, -0.1) is 11.8 Å². The molecule has 0 radical (unpaired) electrons. The highest BCUT2D eigenvalue weighted by Gasteiger charge is 2.48. The molecule has 2 aliphatic heterocycles. The van der Waals surface area contributed by atoms with Gasteiger partial charge in [0.1, 0.15) is 12.1 Å². The number of aliphatic carboxylic acids is 1. The number of hydrogen-bond donors (Lipinski definition) is 2. The number of amides is 2. The van der Waals surface area contributed by atoms with Crippen molar-refractivity contribution >= 4 is 46.4 Å². The number of carbonyl (C=O) groups is 4. The minimum atomic E-state index is -1.01. The summed E-state index contributed by atoms with van der Waals surface area (Å²) in [6, 6.07) is -1.60. The van der Waals surface area contributed by atoms with E-state index in [1.807, 2.05) is 20.8 Å². The van der Waals surface area contributed by atoms with Crippen LogP contribution >= 0.6 is 23.5 Å². The molecule has 2 fully saturated rings. The van der Waals surface area contributed by atoms with Crippen molar-refractivity contribution in [2.24, 2.45) is 11.8 Å². The Morgan fingerprint density at radius 3 is 2.59 bits per heavy atom. The maximum atomic E-state index is 13.1. The number of nitrogens with zero attached hydrogens (tertiary/aromatic N) is 1. The smallest absolute Gasteiger partial charge is 0.327 e. The highest BCUT2D eigenvalue weighted by atomic mass is 32.2. The van der Waals surface area contributed by atoms with E-state index in [0.717, 1.165) is 24.6 Å². The van der Waals surface area contributed by atoms with Gasteiger partial charge in [-0.1, -0.05) is 39.0 Å². The summed E-state index contributed by atoms with van der Waals surface area (Å²) in [5, 5.41) is 11.4. The Morgan fingerprint density at radius 1 is 1.37 bits per heavy atom. The summed E-state index contributed by atoms with van der Waals surface area (Å²) >= 11 is 2.48. The fourth-order valence-electron chi connectivity index (χ4n) is 3.52. The molecule has 0 aromatic rings. The molecule has 2 rings (SSSR count). The molecule has 2 heterocycles. The zero-order valence-electron chi connectivity index (χ0n) is 16.1. The predicted molar refractivity (Wildman–Crippen MR) is 106 cm³/mol. The van der Waals surface area contributed by atoms with E-state index in [4.69, 9.17) is 0 Å². The number of thioether (sulfide) groups is 2. The largest absolute Gasteiger partial charge is 0.480 e. The van der Waals surface area contributed by atoms with Gasteiger partial charge in [-0.25, -0.2) is 4.79 Å². The fourth-order valence-corrected chi connectivity index (χ4v) is 6.04. The highest BCUT2D eigenvalue weighted by molar-refractivity contribution is 8.14. The monoisotopic (exact) mass is 416 g/mol. The van der Waals surface area contributed by atoms with E-state index in [0.29, 0.717) is 12.2 Å². The molecule has 0 saturated carbocycles. The second-order valence-electron chi connectivity index (χ2n) is 7.35. The second-order valence-corrected chi connectivity index (χ2v) is 9.82. The molecule has 0 bridgehead atoms. The molecular formula is C18H28N2O5S2. The van der Waals surface area contributed by atoms with E-state index < -0.39 is 23.3 Å². The van der Waals surface area contributed by atoms with E-state index in [-0.39, 0.29) is 34.1 Å². The molecule has 0 unspecified atom stereocenters. The van der Waals surface area contributed by atoms with Crippen molar-refractivity contribution in [3.63, 3.8) is 0 Å². The maximum absolute atomic E-state index is 13.1. The van der Waals surface area contributed by atoms with Crippen molar-refractivity contribution < 1.29 is 24.3 Å². The second kappa shape index (κ2) is 9.32. The summed E-state index contributed by atoms with van der Waals surface area (Å²) < 4.78 is 0. The first-order chi connectivity index (χ1) is 12.7. The van der Waals surface area contributed by atoms with E-state index in [1.165, 1.54) is 23.6 Å². The van der Waals surface area contributed by atoms with E-state index in [1.54, 1.807) is 0 Å². The maximum Gasteiger partial charge on any atom is 0.327 e. The zero-order valence-corrected chi connectivity index (χ0v) is 17.8. The summed E-state index contributed by atoms with van der Waals surface area (Å²) in [4.78, 5) is 50.4. The average molecular weight is 417 g/mol. The first-order valence-electron chi connectivity index (χ1n) is 9.31.